The Morgan fingerprint density at radius 1 is 1.45 bits per heavy atom. The first-order valence-electron chi connectivity index (χ1n) is 4.70. The van der Waals surface area contributed by atoms with Crippen molar-refractivity contribution in [2.24, 2.45) is 0 Å². The molecular weight excluding hydrogens is 136 g/mol. The fraction of sp³-hybridized carbons (Fsp3) is 0.800. The molecule has 0 aromatic carbocycles. The second-order valence-corrected chi connectivity index (χ2v) is 3.15. The van der Waals surface area contributed by atoms with Crippen LogP contribution in [0.4, 0.5) is 0 Å². The van der Waals surface area contributed by atoms with Gasteiger partial charge in [0.15, 0.2) is 0 Å². The summed E-state index contributed by atoms with van der Waals surface area (Å²) < 4.78 is 5.62. The molecule has 1 heteroatoms. The zero-order valence-corrected chi connectivity index (χ0v) is 7.38. The molecule has 1 aliphatic heterocycles. The second kappa shape index (κ2) is 5.36. The molecule has 0 spiro atoms. The third kappa shape index (κ3) is 3.57. The van der Waals surface area contributed by atoms with E-state index in [0.29, 0.717) is 6.10 Å². The highest BCUT2D eigenvalue weighted by Gasteiger charge is 2.08. The highest BCUT2D eigenvalue weighted by molar-refractivity contribution is 4.85. The third-order valence-corrected chi connectivity index (χ3v) is 2.13. The summed E-state index contributed by atoms with van der Waals surface area (Å²) in [7, 11) is 0. The maximum Gasteiger partial charge on any atom is 0.0651 e. The van der Waals surface area contributed by atoms with E-state index in [2.05, 4.69) is 19.1 Å². The van der Waals surface area contributed by atoms with Crippen LogP contribution in [0, 0.1) is 0 Å². The first-order valence-corrected chi connectivity index (χ1v) is 4.70. The number of ether oxygens (including phenoxy) is 1. The van der Waals surface area contributed by atoms with Crippen molar-refractivity contribution in [2.75, 3.05) is 6.61 Å². The van der Waals surface area contributed by atoms with Gasteiger partial charge in [0.05, 0.1) is 12.7 Å². The second-order valence-electron chi connectivity index (χ2n) is 3.15. The minimum Gasteiger partial charge on any atom is -0.374 e. The van der Waals surface area contributed by atoms with E-state index in [9.17, 15) is 0 Å². The van der Waals surface area contributed by atoms with E-state index in [0.717, 1.165) is 6.61 Å². The van der Waals surface area contributed by atoms with Crippen LogP contribution in [0.1, 0.15) is 39.0 Å². The Kier molecular flexibility index (Phi) is 4.29. The molecule has 1 unspecified atom stereocenters. The molecule has 1 nitrogen and oxygen atoms in total. The SMILES string of the molecule is CCCCC1CCC=CCO1. The van der Waals surface area contributed by atoms with Crippen LogP contribution < -0.4 is 0 Å². The van der Waals surface area contributed by atoms with E-state index in [-0.39, 0.29) is 0 Å². The lowest BCUT2D eigenvalue weighted by Gasteiger charge is -2.13. The molecule has 0 aromatic heterocycles. The topological polar surface area (TPSA) is 9.23 Å². The van der Waals surface area contributed by atoms with Crippen LogP contribution in [-0.2, 0) is 4.74 Å². The summed E-state index contributed by atoms with van der Waals surface area (Å²) in [6.07, 6.45) is 11.2. The summed E-state index contributed by atoms with van der Waals surface area (Å²) in [6, 6.07) is 0. The number of hydrogen-bond donors (Lipinski definition) is 0. The standard InChI is InChI=1S/C10H18O/c1-2-3-7-10-8-5-4-6-9-11-10/h4,6,10H,2-3,5,7-9H2,1H3. The Labute approximate surface area is 69.4 Å². The zero-order valence-electron chi connectivity index (χ0n) is 7.38. The molecule has 1 rings (SSSR count). The molecule has 0 N–H and O–H groups in total. The average molecular weight is 154 g/mol. The predicted octanol–water partition coefficient (Wildman–Crippen LogP) is 2.91. The summed E-state index contributed by atoms with van der Waals surface area (Å²) in [4.78, 5) is 0. The van der Waals surface area contributed by atoms with Gasteiger partial charge >= 0.3 is 0 Å². The van der Waals surface area contributed by atoms with E-state index < -0.39 is 0 Å². The van der Waals surface area contributed by atoms with Gasteiger partial charge < -0.3 is 4.74 Å². The molecule has 0 saturated carbocycles. The summed E-state index contributed by atoms with van der Waals surface area (Å²) in [5.41, 5.74) is 0. The van der Waals surface area contributed by atoms with Gasteiger partial charge in [0.1, 0.15) is 0 Å². The van der Waals surface area contributed by atoms with Gasteiger partial charge in [-0.2, -0.15) is 0 Å². The maximum absolute atomic E-state index is 5.62. The fourth-order valence-corrected chi connectivity index (χ4v) is 1.40. The Morgan fingerprint density at radius 2 is 2.36 bits per heavy atom. The molecule has 0 bridgehead atoms. The van der Waals surface area contributed by atoms with E-state index in [1.54, 1.807) is 0 Å². The Balaban J connectivity index is 2.13. The van der Waals surface area contributed by atoms with Crippen molar-refractivity contribution >= 4 is 0 Å². The van der Waals surface area contributed by atoms with Crippen molar-refractivity contribution in [2.45, 2.75) is 45.1 Å². The molecule has 0 saturated heterocycles. The molecule has 1 heterocycles. The molecule has 0 fully saturated rings. The summed E-state index contributed by atoms with van der Waals surface area (Å²) >= 11 is 0. The van der Waals surface area contributed by atoms with Crippen molar-refractivity contribution in [1.29, 1.82) is 0 Å². The molecule has 0 aromatic rings. The lowest BCUT2D eigenvalue weighted by molar-refractivity contribution is 0.0645. The van der Waals surface area contributed by atoms with E-state index >= 15 is 0 Å². The molecule has 0 aliphatic carbocycles. The van der Waals surface area contributed by atoms with Crippen LogP contribution >= 0.6 is 0 Å². The van der Waals surface area contributed by atoms with E-state index in [1.807, 2.05) is 0 Å². The monoisotopic (exact) mass is 154 g/mol. The van der Waals surface area contributed by atoms with Crippen molar-refractivity contribution < 1.29 is 4.74 Å². The Hall–Kier alpha value is -0.300. The van der Waals surface area contributed by atoms with E-state index in [1.165, 1.54) is 32.1 Å². The minimum absolute atomic E-state index is 0.532. The van der Waals surface area contributed by atoms with Gasteiger partial charge in [0.25, 0.3) is 0 Å². The van der Waals surface area contributed by atoms with Gasteiger partial charge in [-0.05, 0) is 19.3 Å². The number of hydrogen-bond acceptors (Lipinski definition) is 1. The van der Waals surface area contributed by atoms with Gasteiger partial charge in [-0.3, -0.25) is 0 Å². The summed E-state index contributed by atoms with van der Waals surface area (Å²) in [5.74, 6) is 0. The lowest BCUT2D eigenvalue weighted by atomic mass is 10.1. The van der Waals surface area contributed by atoms with Crippen LogP contribution in [0.5, 0.6) is 0 Å². The maximum atomic E-state index is 5.62. The quantitative estimate of drug-likeness (QED) is 0.568. The van der Waals surface area contributed by atoms with Crippen LogP contribution in [0.3, 0.4) is 0 Å². The smallest absolute Gasteiger partial charge is 0.0651 e. The summed E-state index contributed by atoms with van der Waals surface area (Å²) in [6.45, 7) is 3.06. The lowest BCUT2D eigenvalue weighted by Crippen LogP contribution is -2.10. The zero-order chi connectivity index (χ0) is 7.94. The summed E-state index contributed by atoms with van der Waals surface area (Å²) in [5, 5.41) is 0. The van der Waals surface area contributed by atoms with Gasteiger partial charge in [-0.25, -0.2) is 0 Å². The van der Waals surface area contributed by atoms with Gasteiger partial charge in [0, 0.05) is 0 Å². The number of allylic oxidation sites excluding steroid dienone is 1. The number of rotatable bonds is 3. The van der Waals surface area contributed by atoms with Crippen LogP contribution in [0.25, 0.3) is 0 Å². The molecule has 64 valence electrons. The molecular formula is C10H18O. The van der Waals surface area contributed by atoms with Crippen LogP contribution in [-0.4, -0.2) is 12.7 Å². The molecule has 11 heavy (non-hydrogen) atoms. The fourth-order valence-electron chi connectivity index (χ4n) is 1.40. The first-order chi connectivity index (χ1) is 5.43. The first kappa shape index (κ1) is 8.79. The largest absolute Gasteiger partial charge is 0.374 e. The van der Waals surface area contributed by atoms with Crippen molar-refractivity contribution in [3.8, 4) is 0 Å². The molecule has 1 atom stereocenters. The Bertz CT molecular complexity index is 108. The van der Waals surface area contributed by atoms with Crippen molar-refractivity contribution in [1.82, 2.24) is 0 Å². The third-order valence-electron chi connectivity index (χ3n) is 2.13. The van der Waals surface area contributed by atoms with Gasteiger partial charge in [-0.1, -0.05) is 31.9 Å². The molecule has 0 radical (unpaired) electrons. The molecule has 0 amide bonds. The highest BCUT2D eigenvalue weighted by atomic mass is 16.5. The normalized spacial score (nSPS) is 25.0. The van der Waals surface area contributed by atoms with Crippen molar-refractivity contribution in [3.05, 3.63) is 12.2 Å². The van der Waals surface area contributed by atoms with Crippen LogP contribution in [0.2, 0.25) is 0 Å². The molecule has 1 aliphatic rings. The van der Waals surface area contributed by atoms with Gasteiger partial charge in [-0.15, -0.1) is 0 Å². The highest BCUT2D eigenvalue weighted by Crippen LogP contribution is 2.13. The number of unbranched alkanes of at least 4 members (excludes halogenated alkanes) is 1. The minimum atomic E-state index is 0.532. The Morgan fingerprint density at radius 3 is 3.18 bits per heavy atom. The van der Waals surface area contributed by atoms with Gasteiger partial charge in [0.2, 0.25) is 0 Å². The van der Waals surface area contributed by atoms with E-state index in [4.69, 9.17) is 4.74 Å². The predicted molar refractivity (Wildman–Crippen MR) is 47.6 cm³/mol. The van der Waals surface area contributed by atoms with Crippen LogP contribution in [0.15, 0.2) is 12.2 Å². The van der Waals surface area contributed by atoms with Crippen molar-refractivity contribution in [3.63, 3.8) is 0 Å². The average Bonchev–Trinajstić information content (AvgIpc) is 2.28.